The van der Waals surface area contributed by atoms with Gasteiger partial charge in [-0.2, -0.15) is 15.5 Å². The highest BCUT2D eigenvalue weighted by molar-refractivity contribution is 5.83. The summed E-state index contributed by atoms with van der Waals surface area (Å²) in [5.74, 6) is 0. The van der Waals surface area contributed by atoms with E-state index >= 15 is 0 Å². The van der Waals surface area contributed by atoms with Gasteiger partial charge < -0.3 is 0 Å². The van der Waals surface area contributed by atoms with Crippen molar-refractivity contribution in [1.29, 1.82) is 5.26 Å². The first kappa shape index (κ1) is 7.69. The molecule has 0 aliphatic carbocycles. The first-order chi connectivity index (χ1) is 6.42. The van der Waals surface area contributed by atoms with Gasteiger partial charge in [0.2, 0.25) is 0 Å². The minimum absolute atomic E-state index is 0.314. The van der Waals surface area contributed by atoms with Crippen molar-refractivity contribution in [3.05, 3.63) is 36.2 Å². The average Bonchev–Trinajstić information content (AvgIpc) is 2.19. The van der Waals surface area contributed by atoms with Gasteiger partial charge in [0.25, 0.3) is 0 Å². The number of hydrogen-bond acceptors (Lipinski definition) is 3. The van der Waals surface area contributed by atoms with Crippen molar-refractivity contribution in [1.82, 2.24) is 10.2 Å². The monoisotopic (exact) mass is 169 g/mol. The molecule has 1 aromatic carbocycles. The van der Waals surface area contributed by atoms with Crippen LogP contribution < -0.4 is 0 Å². The molecule has 0 atom stereocenters. The Morgan fingerprint density at radius 2 is 2.15 bits per heavy atom. The molecule has 0 radical (unpaired) electrons. The Kier molecular flexibility index (Phi) is 1.89. The fraction of sp³-hybridized carbons (Fsp3) is 0.100. The molecule has 0 aliphatic rings. The molecular weight excluding hydrogens is 162 g/mol. The van der Waals surface area contributed by atoms with E-state index in [2.05, 4.69) is 16.3 Å². The summed E-state index contributed by atoms with van der Waals surface area (Å²) in [4.78, 5) is 0. The Labute approximate surface area is 75.6 Å². The summed E-state index contributed by atoms with van der Waals surface area (Å²) in [6, 6.07) is 9.87. The largest absolute Gasteiger partial charge is 0.198 e. The van der Waals surface area contributed by atoms with Crippen LogP contribution in [0.3, 0.4) is 0 Å². The quantitative estimate of drug-likeness (QED) is 0.652. The predicted octanol–water partition coefficient (Wildman–Crippen LogP) is 1.70. The normalized spacial score (nSPS) is 9.77. The van der Waals surface area contributed by atoms with Crippen molar-refractivity contribution in [2.45, 2.75) is 6.42 Å². The molecule has 0 saturated heterocycles. The smallest absolute Gasteiger partial charge is 0.0849 e. The zero-order valence-electron chi connectivity index (χ0n) is 6.94. The molecule has 0 spiro atoms. The van der Waals surface area contributed by atoms with Crippen molar-refractivity contribution in [2.75, 3.05) is 0 Å². The van der Waals surface area contributed by atoms with E-state index in [-0.39, 0.29) is 0 Å². The van der Waals surface area contributed by atoms with Gasteiger partial charge in [-0.25, -0.2) is 0 Å². The van der Waals surface area contributed by atoms with E-state index in [1.54, 1.807) is 6.20 Å². The highest BCUT2D eigenvalue weighted by atomic mass is 15.1. The Hall–Kier alpha value is -1.95. The SMILES string of the molecule is N#CCc1nncc2ccccc12. The fourth-order valence-electron chi connectivity index (χ4n) is 1.29. The van der Waals surface area contributed by atoms with Crippen LogP contribution in [0.15, 0.2) is 30.5 Å². The molecule has 0 saturated carbocycles. The van der Waals surface area contributed by atoms with Crippen molar-refractivity contribution >= 4 is 10.8 Å². The second kappa shape index (κ2) is 3.20. The van der Waals surface area contributed by atoms with E-state index in [4.69, 9.17) is 5.26 Å². The van der Waals surface area contributed by atoms with E-state index in [0.717, 1.165) is 16.5 Å². The van der Waals surface area contributed by atoms with Crippen LogP contribution in [0.4, 0.5) is 0 Å². The Balaban J connectivity index is 2.70. The molecule has 0 aliphatic heterocycles. The van der Waals surface area contributed by atoms with Gasteiger partial charge in [0, 0.05) is 10.8 Å². The van der Waals surface area contributed by atoms with Crippen LogP contribution in [0.2, 0.25) is 0 Å². The minimum atomic E-state index is 0.314. The zero-order valence-corrected chi connectivity index (χ0v) is 6.94. The second-order valence-electron chi connectivity index (χ2n) is 2.71. The van der Waals surface area contributed by atoms with E-state index in [9.17, 15) is 0 Å². The maximum atomic E-state index is 8.56. The van der Waals surface area contributed by atoms with Gasteiger partial charge in [0.05, 0.1) is 24.4 Å². The molecule has 3 heteroatoms. The molecule has 13 heavy (non-hydrogen) atoms. The van der Waals surface area contributed by atoms with Crippen molar-refractivity contribution in [3.63, 3.8) is 0 Å². The number of benzene rings is 1. The first-order valence-electron chi connectivity index (χ1n) is 3.98. The lowest BCUT2D eigenvalue weighted by molar-refractivity contribution is 0.974. The standard InChI is InChI=1S/C10H7N3/c11-6-5-10-9-4-2-1-3-8(9)7-12-13-10/h1-4,7H,5H2. The summed E-state index contributed by atoms with van der Waals surface area (Å²) in [6.45, 7) is 0. The average molecular weight is 169 g/mol. The Morgan fingerprint density at radius 1 is 1.31 bits per heavy atom. The number of rotatable bonds is 1. The van der Waals surface area contributed by atoms with Crippen LogP contribution in [0, 0.1) is 11.3 Å². The van der Waals surface area contributed by atoms with Crippen LogP contribution in [0.25, 0.3) is 10.8 Å². The Morgan fingerprint density at radius 3 is 3.00 bits per heavy atom. The summed E-state index contributed by atoms with van der Waals surface area (Å²) >= 11 is 0. The van der Waals surface area contributed by atoms with E-state index in [1.807, 2.05) is 24.3 Å². The summed E-state index contributed by atoms with van der Waals surface area (Å²) in [6.07, 6.45) is 2.02. The molecule has 0 N–H and O–H groups in total. The molecule has 3 nitrogen and oxygen atoms in total. The third kappa shape index (κ3) is 1.34. The summed E-state index contributed by atoms with van der Waals surface area (Å²) < 4.78 is 0. The maximum absolute atomic E-state index is 8.56. The fourth-order valence-corrected chi connectivity index (χ4v) is 1.29. The van der Waals surface area contributed by atoms with Gasteiger partial charge in [-0.3, -0.25) is 0 Å². The van der Waals surface area contributed by atoms with Gasteiger partial charge in [-0.15, -0.1) is 0 Å². The highest BCUT2D eigenvalue weighted by Gasteiger charge is 2.00. The molecule has 62 valence electrons. The Bertz CT molecular complexity index is 466. The summed E-state index contributed by atoms with van der Waals surface area (Å²) in [5, 5.41) is 18.4. The van der Waals surface area contributed by atoms with Crippen molar-refractivity contribution in [2.24, 2.45) is 0 Å². The topological polar surface area (TPSA) is 49.6 Å². The summed E-state index contributed by atoms with van der Waals surface area (Å²) in [5.41, 5.74) is 0.751. The molecule has 2 rings (SSSR count). The van der Waals surface area contributed by atoms with Crippen molar-refractivity contribution < 1.29 is 0 Å². The second-order valence-corrected chi connectivity index (χ2v) is 2.71. The predicted molar refractivity (Wildman–Crippen MR) is 48.9 cm³/mol. The van der Waals surface area contributed by atoms with Gasteiger partial charge in [-0.05, 0) is 0 Å². The van der Waals surface area contributed by atoms with Crippen LogP contribution in [0.1, 0.15) is 5.69 Å². The van der Waals surface area contributed by atoms with Gasteiger partial charge in [0.1, 0.15) is 0 Å². The molecule has 0 unspecified atom stereocenters. The number of aromatic nitrogens is 2. The number of hydrogen-bond donors (Lipinski definition) is 0. The van der Waals surface area contributed by atoms with Crippen LogP contribution in [-0.4, -0.2) is 10.2 Å². The van der Waals surface area contributed by atoms with Gasteiger partial charge >= 0.3 is 0 Å². The lowest BCUT2D eigenvalue weighted by atomic mass is 10.1. The van der Waals surface area contributed by atoms with Crippen molar-refractivity contribution in [3.8, 4) is 6.07 Å². The third-order valence-corrected chi connectivity index (χ3v) is 1.89. The van der Waals surface area contributed by atoms with E-state index < -0.39 is 0 Å². The number of nitrogens with zero attached hydrogens (tertiary/aromatic N) is 3. The number of nitriles is 1. The van der Waals surface area contributed by atoms with Crippen LogP contribution >= 0.6 is 0 Å². The summed E-state index contributed by atoms with van der Waals surface area (Å²) in [7, 11) is 0. The maximum Gasteiger partial charge on any atom is 0.0849 e. The van der Waals surface area contributed by atoms with Crippen LogP contribution in [-0.2, 0) is 6.42 Å². The number of fused-ring (bicyclic) bond motifs is 1. The molecule has 0 fully saturated rings. The minimum Gasteiger partial charge on any atom is -0.198 e. The van der Waals surface area contributed by atoms with Gasteiger partial charge in [-0.1, -0.05) is 24.3 Å². The third-order valence-electron chi connectivity index (χ3n) is 1.89. The lowest BCUT2D eigenvalue weighted by Crippen LogP contribution is -1.92. The highest BCUT2D eigenvalue weighted by Crippen LogP contribution is 2.14. The van der Waals surface area contributed by atoms with Crippen LogP contribution in [0.5, 0.6) is 0 Å². The van der Waals surface area contributed by atoms with E-state index in [0.29, 0.717) is 6.42 Å². The lowest BCUT2D eigenvalue weighted by Gasteiger charge is -1.98. The molecule has 0 amide bonds. The van der Waals surface area contributed by atoms with Gasteiger partial charge in [0.15, 0.2) is 0 Å². The first-order valence-corrected chi connectivity index (χ1v) is 3.98. The molecule has 0 bridgehead atoms. The molecule has 1 heterocycles. The molecular formula is C10H7N3. The van der Waals surface area contributed by atoms with E-state index in [1.165, 1.54) is 0 Å². The zero-order chi connectivity index (χ0) is 9.10. The molecule has 2 aromatic rings. The molecule has 1 aromatic heterocycles.